The number of rotatable bonds is 6. The number of thiophene rings is 1. The van der Waals surface area contributed by atoms with Gasteiger partial charge in [-0.2, -0.15) is 0 Å². The van der Waals surface area contributed by atoms with Crippen molar-refractivity contribution in [1.29, 1.82) is 0 Å². The van der Waals surface area contributed by atoms with Crippen molar-refractivity contribution in [3.05, 3.63) is 21.9 Å². The number of hydrogen-bond acceptors (Lipinski definition) is 5. The highest BCUT2D eigenvalue weighted by atomic mass is 32.2. The summed E-state index contributed by atoms with van der Waals surface area (Å²) < 4.78 is 25.1. The SMILES string of the molecule is CCNS(=O)(=O)CCNC(=O)c1csc(C#CCO)c1. The molecule has 0 aromatic carbocycles. The zero-order valence-corrected chi connectivity index (χ0v) is 12.6. The number of sulfonamides is 1. The molecule has 8 heteroatoms. The van der Waals surface area contributed by atoms with E-state index in [0.717, 1.165) is 0 Å². The number of aliphatic hydroxyl groups excluding tert-OH is 1. The number of carbonyl (C=O) groups excluding carboxylic acids is 1. The average Bonchev–Trinajstić information content (AvgIpc) is 2.84. The van der Waals surface area contributed by atoms with Crippen LogP contribution in [0.5, 0.6) is 0 Å². The monoisotopic (exact) mass is 316 g/mol. The van der Waals surface area contributed by atoms with Gasteiger partial charge in [0, 0.05) is 18.5 Å². The van der Waals surface area contributed by atoms with Gasteiger partial charge in [0.05, 0.1) is 16.2 Å². The van der Waals surface area contributed by atoms with Gasteiger partial charge >= 0.3 is 0 Å². The van der Waals surface area contributed by atoms with Gasteiger partial charge in [0.2, 0.25) is 10.0 Å². The molecule has 0 aliphatic heterocycles. The fourth-order valence-corrected chi connectivity index (χ4v) is 3.05. The minimum absolute atomic E-state index is 0.0433. The Bertz CT molecular complexity index is 611. The number of carbonyl (C=O) groups is 1. The van der Waals surface area contributed by atoms with Crippen molar-refractivity contribution in [2.24, 2.45) is 0 Å². The highest BCUT2D eigenvalue weighted by molar-refractivity contribution is 7.89. The minimum atomic E-state index is -3.33. The van der Waals surface area contributed by atoms with Gasteiger partial charge in [-0.1, -0.05) is 18.8 Å². The van der Waals surface area contributed by atoms with Crippen LogP contribution in [-0.4, -0.2) is 44.9 Å². The van der Waals surface area contributed by atoms with Gasteiger partial charge in [-0.05, 0) is 6.07 Å². The van der Waals surface area contributed by atoms with Crippen LogP contribution >= 0.6 is 11.3 Å². The van der Waals surface area contributed by atoms with E-state index in [0.29, 0.717) is 17.0 Å². The lowest BCUT2D eigenvalue weighted by atomic mass is 10.3. The maximum atomic E-state index is 11.8. The Morgan fingerprint density at radius 2 is 2.25 bits per heavy atom. The molecular weight excluding hydrogens is 300 g/mol. The Morgan fingerprint density at radius 3 is 2.90 bits per heavy atom. The molecule has 1 rings (SSSR count). The topological polar surface area (TPSA) is 95.5 Å². The second-order valence-electron chi connectivity index (χ2n) is 3.73. The second-order valence-corrected chi connectivity index (χ2v) is 6.57. The molecule has 0 saturated carbocycles. The lowest BCUT2D eigenvalue weighted by molar-refractivity contribution is 0.0956. The molecule has 1 aromatic rings. The molecule has 0 fully saturated rings. The number of amides is 1. The Balaban J connectivity index is 2.49. The van der Waals surface area contributed by atoms with Crippen LogP contribution in [0.4, 0.5) is 0 Å². The van der Waals surface area contributed by atoms with E-state index in [9.17, 15) is 13.2 Å². The molecule has 20 heavy (non-hydrogen) atoms. The zero-order chi connectivity index (χ0) is 15.0. The molecular formula is C12H16N2O4S2. The first-order chi connectivity index (χ1) is 9.48. The lowest BCUT2D eigenvalue weighted by Gasteiger charge is -2.05. The van der Waals surface area contributed by atoms with Crippen molar-refractivity contribution in [3.63, 3.8) is 0 Å². The quantitative estimate of drug-likeness (QED) is 0.631. The van der Waals surface area contributed by atoms with Crippen molar-refractivity contribution in [1.82, 2.24) is 10.0 Å². The van der Waals surface area contributed by atoms with Crippen LogP contribution in [-0.2, 0) is 10.0 Å². The smallest absolute Gasteiger partial charge is 0.252 e. The van der Waals surface area contributed by atoms with Crippen molar-refractivity contribution in [3.8, 4) is 11.8 Å². The summed E-state index contributed by atoms with van der Waals surface area (Å²) >= 11 is 1.29. The van der Waals surface area contributed by atoms with Gasteiger partial charge in [-0.3, -0.25) is 4.79 Å². The molecule has 0 atom stereocenters. The largest absolute Gasteiger partial charge is 0.384 e. The summed E-state index contributed by atoms with van der Waals surface area (Å²) in [6.07, 6.45) is 0. The maximum absolute atomic E-state index is 11.8. The predicted octanol–water partition coefficient (Wildman–Crippen LogP) is -0.239. The van der Waals surface area contributed by atoms with Gasteiger partial charge in [0.1, 0.15) is 6.61 Å². The van der Waals surface area contributed by atoms with E-state index in [1.807, 2.05) is 0 Å². The summed E-state index contributed by atoms with van der Waals surface area (Å²) in [5, 5.41) is 12.7. The van der Waals surface area contributed by atoms with Crippen LogP contribution < -0.4 is 10.0 Å². The summed E-state index contributed by atoms with van der Waals surface area (Å²) in [6, 6.07) is 1.60. The Labute approximate surface area is 122 Å². The Kier molecular flexibility index (Phi) is 6.67. The summed E-state index contributed by atoms with van der Waals surface area (Å²) in [4.78, 5) is 12.4. The number of nitrogens with one attached hydrogen (secondary N) is 2. The average molecular weight is 316 g/mol. The van der Waals surface area contributed by atoms with Crippen LogP contribution in [0.25, 0.3) is 0 Å². The molecule has 0 unspecified atom stereocenters. The minimum Gasteiger partial charge on any atom is -0.384 e. The molecule has 110 valence electrons. The van der Waals surface area contributed by atoms with E-state index in [1.165, 1.54) is 11.3 Å². The predicted molar refractivity (Wildman–Crippen MR) is 78.1 cm³/mol. The third-order valence-corrected chi connectivity index (χ3v) is 4.49. The molecule has 1 heterocycles. The standard InChI is InChI=1S/C12H16N2O4S2/c1-2-14-20(17,18)7-5-13-12(16)10-8-11(19-9-10)4-3-6-15/h8-9,14-15H,2,5-7H2,1H3,(H,13,16). The van der Waals surface area contributed by atoms with Gasteiger partial charge in [0.15, 0.2) is 0 Å². The first kappa shape index (κ1) is 16.7. The normalized spacial score (nSPS) is 10.7. The summed E-state index contributed by atoms with van der Waals surface area (Å²) in [6.45, 7) is 1.83. The first-order valence-corrected chi connectivity index (χ1v) is 8.45. The highest BCUT2D eigenvalue weighted by Crippen LogP contribution is 2.13. The van der Waals surface area contributed by atoms with E-state index in [4.69, 9.17) is 5.11 Å². The van der Waals surface area contributed by atoms with E-state index >= 15 is 0 Å². The molecule has 0 spiro atoms. The third-order valence-electron chi connectivity index (χ3n) is 2.17. The molecule has 0 saturated heterocycles. The van der Waals surface area contributed by atoms with Crippen LogP contribution in [0.2, 0.25) is 0 Å². The molecule has 0 aliphatic carbocycles. The fraction of sp³-hybridized carbons (Fsp3) is 0.417. The van der Waals surface area contributed by atoms with Crippen LogP contribution in [0.15, 0.2) is 11.4 Å². The first-order valence-electron chi connectivity index (χ1n) is 5.92. The number of hydrogen-bond donors (Lipinski definition) is 3. The third kappa shape index (κ3) is 5.71. The van der Waals surface area contributed by atoms with E-state index in [1.54, 1.807) is 18.4 Å². The van der Waals surface area contributed by atoms with Crippen LogP contribution in [0.3, 0.4) is 0 Å². The Hall–Kier alpha value is -1.40. The van der Waals surface area contributed by atoms with Crippen molar-refractivity contribution in [2.45, 2.75) is 6.92 Å². The highest BCUT2D eigenvalue weighted by Gasteiger charge is 2.11. The molecule has 1 aromatic heterocycles. The van der Waals surface area contributed by atoms with Gasteiger partial charge in [0.25, 0.3) is 5.91 Å². The van der Waals surface area contributed by atoms with Crippen molar-refractivity contribution >= 4 is 27.3 Å². The summed E-state index contributed by atoms with van der Waals surface area (Å²) in [7, 11) is -3.33. The molecule has 6 nitrogen and oxygen atoms in total. The van der Waals surface area contributed by atoms with Gasteiger partial charge < -0.3 is 10.4 Å². The fourth-order valence-electron chi connectivity index (χ4n) is 1.34. The van der Waals surface area contributed by atoms with E-state index in [2.05, 4.69) is 21.9 Å². The maximum Gasteiger partial charge on any atom is 0.252 e. The molecule has 0 bridgehead atoms. The van der Waals surface area contributed by atoms with Crippen molar-refractivity contribution in [2.75, 3.05) is 25.4 Å². The second kappa shape index (κ2) is 8.01. The van der Waals surface area contributed by atoms with Crippen LogP contribution in [0.1, 0.15) is 22.2 Å². The molecule has 1 amide bonds. The van der Waals surface area contributed by atoms with E-state index in [-0.39, 0.29) is 24.8 Å². The Morgan fingerprint density at radius 1 is 1.50 bits per heavy atom. The lowest BCUT2D eigenvalue weighted by Crippen LogP contribution is -2.34. The van der Waals surface area contributed by atoms with E-state index < -0.39 is 10.0 Å². The molecule has 3 N–H and O–H groups in total. The van der Waals surface area contributed by atoms with Gasteiger partial charge in [-0.15, -0.1) is 11.3 Å². The number of aliphatic hydroxyl groups is 1. The zero-order valence-electron chi connectivity index (χ0n) is 11.0. The summed E-state index contributed by atoms with van der Waals surface area (Å²) in [5.74, 6) is 4.69. The molecule has 0 aliphatic rings. The van der Waals surface area contributed by atoms with Crippen LogP contribution in [0, 0.1) is 11.8 Å². The van der Waals surface area contributed by atoms with Gasteiger partial charge in [-0.25, -0.2) is 13.1 Å². The summed E-state index contributed by atoms with van der Waals surface area (Å²) in [5.41, 5.74) is 0.429. The molecule has 0 radical (unpaired) electrons. The van der Waals surface area contributed by atoms with Crippen molar-refractivity contribution < 1.29 is 18.3 Å².